The summed E-state index contributed by atoms with van der Waals surface area (Å²) in [6.07, 6.45) is -2.34. The summed E-state index contributed by atoms with van der Waals surface area (Å²) in [6, 6.07) is -0.328. The van der Waals surface area contributed by atoms with E-state index < -0.39 is 18.3 Å². The Kier molecular flexibility index (Phi) is 4.74. The summed E-state index contributed by atoms with van der Waals surface area (Å²) in [5, 5.41) is 23.9. The van der Waals surface area contributed by atoms with Gasteiger partial charge in [-0.2, -0.15) is 0 Å². The van der Waals surface area contributed by atoms with Gasteiger partial charge in [0, 0.05) is 20.1 Å². The quantitative estimate of drug-likeness (QED) is 0.615. The van der Waals surface area contributed by atoms with Gasteiger partial charge >= 0.3 is 0 Å². The van der Waals surface area contributed by atoms with Crippen molar-refractivity contribution in [2.24, 2.45) is 4.99 Å². The molecule has 0 aromatic heterocycles. The summed E-state index contributed by atoms with van der Waals surface area (Å²) in [4.78, 5) is 4.03. The van der Waals surface area contributed by atoms with Gasteiger partial charge in [0.2, 0.25) is 0 Å². The highest BCUT2D eigenvalue weighted by Crippen LogP contribution is 2.34. The van der Waals surface area contributed by atoms with Crippen LogP contribution in [-0.2, 0) is 4.74 Å². The second kappa shape index (κ2) is 5.94. The lowest BCUT2D eigenvalue weighted by Gasteiger charge is -2.39. The highest BCUT2D eigenvalue weighted by Gasteiger charge is 2.49. The predicted molar refractivity (Wildman–Crippen MR) is 71.6 cm³/mol. The second-order valence-electron chi connectivity index (χ2n) is 4.30. The number of aliphatic imine (C=N–C) groups is 1. The molecule has 3 N–H and O–H groups in total. The van der Waals surface area contributed by atoms with E-state index in [1.165, 1.54) is 16.2 Å². The number of nitrogens with zero attached hydrogens (tertiary/aromatic N) is 2. The molecule has 104 valence electrons. The molecule has 0 aromatic carbocycles. The van der Waals surface area contributed by atoms with E-state index in [0.29, 0.717) is 13.1 Å². The first kappa shape index (κ1) is 14.4. The number of thioether (sulfide) groups is 1. The van der Waals surface area contributed by atoms with Crippen LogP contribution < -0.4 is 5.32 Å². The number of aliphatic hydroxyl groups excluding tert-OH is 2. The largest absolute Gasteiger partial charge is 0.388 e. The number of amidine groups is 1. The van der Waals surface area contributed by atoms with Crippen molar-refractivity contribution in [1.29, 1.82) is 0 Å². The Morgan fingerprint density at radius 3 is 2.83 bits per heavy atom. The van der Waals surface area contributed by atoms with Crippen LogP contribution in [0.2, 0.25) is 0 Å². The molecule has 5 atom stereocenters. The number of nitrogens with one attached hydrogen (secondary N) is 1. The van der Waals surface area contributed by atoms with E-state index >= 15 is 0 Å². The monoisotopic (exact) mass is 295 g/mol. The van der Waals surface area contributed by atoms with Crippen molar-refractivity contribution in [3.8, 4) is 0 Å². The second-order valence-corrected chi connectivity index (χ2v) is 5.87. The van der Waals surface area contributed by atoms with Crippen molar-refractivity contribution in [3.05, 3.63) is 0 Å². The number of likely N-dealkylation sites (N-methyl/N-ethyl adjacent to an activating group) is 1. The Bertz CT molecular complexity index is 333. The van der Waals surface area contributed by atoms with Gasteiger partial charge < -0.3 is 20.3 Å². The molecule has 5 unspecified atom stereocenters. The van der Waals surface area contributed by atoms with Gasteiger partial charge in [0.25, 0.3) is 0 Å². The highest BCUT2D eigenvalue weighted by molar-refractivity contribution is 8.14. The van der Waals surface area contributed by atoms with E-state index in [9.17, 15) is 10.2 Å². The number of aliphatic hydroxyl groups is 2. The van der Waals surface area contributed by atoms with Crippen LogP contribution in [0.3, 0.4) is 0 Å². The summed E-state index contributed by atoms with van der Waals surface area (Å²) < 4.78 is 7.31. The lowest BCUT2D eigenvalue weighted by molar-refractivity contribution is -0.157. The Balaban J connectivity index is 2.05. The molecule has 6 nitrogen and oxygen atoms in total. The molecule has 2 aliphatic rings. The van der Waals surface area contributed by atoms with E-state index in [4.69, 9.17) is 16.5 Å². The maximum absolute atomic E-state index is 10.1. The maximum Gasteiger partial charge on any atom is 0.159 e. The topological polar surface area (TPSA) is 77.3 Å². The first-order valence-corrected chi connectivity index (χ1v) is 7.11. The van der Waals surface area contributed by atoms with Gasteiger partial charge in [0.05, 0.1) is 6.04 Å². The van der Waals surface area contributed by atoms with E-state index in [1.807, 2.05) is 6.92 Å². The zero-order valence-electron chi connectivity index (χ0n) is 10.3. The molecule has 0 bridgehead atoms. The van der Waals surface area contributed by atoms with Crippen molar-refractivity contribution in [3.63, 3.8) is 0 Å². The fourth-order valence-corrected chi connectivity index (χ4v) is 3.30. The number of ether oxygens (including phenoxy) is 1. The molecule has 18 heavy (non-hydrogen) atoms. The fraction of sp³-hybridized carbons (Fsp3) is 0.900. The van der Waals surface area contributed by atoms with E-state index in [0.717, 1.165) is 5.17 Å². The smallest absolute Gasteiger partial charge is 0.159 e. The molecule has 0 spiro atoms. The van der Waals surface area contributed by atoms with Crippen LogP contribution in [0.1, 0.15) is 6.92 Å². The van der Waals surface area contributed by atoms with Crippen LogP contribution in [-0.4, -0.2) is 69.7 Å². The molecule has 0 radical (unpaired) electrons. The third kappa shape index (κ3) is 2.76. The minimum absolute atomic E-state index is 0.242. The SMILES string of the molecule is CCN(Cl)CC1OC2SC(=NC)NC2C(O)C1O. The van der Waals surface area contributed by atoms with Crippen LogP contribution in [0.15, 0.2) is 4.99 Å². The maximum atomic E-state index is 10.1. The molecule has 2 rings (SSSR count). The molecule has 0 amide bonds. The van der Waals surface area contributed by atoms with Gasteiger partial charge in [0.15, 0.2) is 5.17 Å². The number of hydrogen-bond donors (Lipinski definition) is 3. The van der Waals surface area contributed by atoms with Crippen molar-refractivity contribution in [1.82, 2.24) is 9.74 Å². The van der Waals surface area contributed by atoms with E-state index in [2.05, 4.69) is 10.3 Å². The van der Waals surface area contributed by atoms with Gasteiger partial charge in [-0.05, 0) is 11.8 Å². The number of rotatable bonds is 3. The first-order chi connectivity index (χ1) is 8.56. The third-order valence-corrected chi connectivity index (χ3v) is 4.68. The lowest BCUT2D eigenvalue weighted by Crippen LogP contribution is -2.60. The molecule has 2 saturated heterocycles. The molecule has 8 heteroatoms. The van der Waals surface area contributed by atoms with Crippen molar-refractivity contribution in [2.45, 2.75) is 36.7 Å². The van der Waals surface area contributed by atoms with Gasteiger partial charge in [-0.1, -0.05) is 18.7 Å². The predicted octanol–water partition coefficient (Wildman–Crippen LogP) is -0.400. The Labute approximate surface area is 115 Å². The summed E-state index contributed by atoms with van der Waals surface area (Å²) >= 11 is 7.35. The summed E-state index contributed by atoms with van der Waals surface area (Å²) in [6.45, 7) is 2.93. The standard InChI is InChI=1S/C10H18ClN3O3S/c1-3-14(11)4-5-7(15)8(16)6-9(17-5)18-10(12-2)13-6/h5-9,15-16H,3-4H2,1-2H3,(H,12,13). The number of halogens is 1. The third-order valence-electron chi connectivity index (χ3n) is 3.14. The van der Waals surface area contributed by atoms with Gasteiger partial charge in [-0.3, -0.25) is 4.99 Å². The van der Waals surface area contributed by atoms with Crippen molar-refractivity contribution < 1.29 is 14.9 Å². The molecular weight excluding hydrogens is 278 g/mol. The minimum atomic E-state index is -0.955. The molecule has 0 saturated carbocycles. The Hall–Kier alpha value is -0.0500. The van der Waals surface area contributed by atoms with Crippen LogP contribution in [0.4, 0.5) is 0 Å². The highest BCUT2D eigenvalue weighted by atomic mass is 35.5. The molecule has 2 fully saturated rings. The first-order valence-electron chi connectivity index (χ1n) is 5.89. The zero-order valence-corrected chi connectivity index (χ0v) is 11.9. The molecule has 2 aliphatic heterocycles. The summed E-state index contributed by atoms with van der Waals surface area (Å²) in [5.41, 5.74) is -0.242. The van der Waals surface area contributed by atoms with E-state index in [1.54, 1.807) is 7.05 Å². The van der Waals surface area contributed by atoms with Crippen LogP contribution >= 0.6 is 23.5 Å². The van der Waals surface area contributed by atoms with Gasteiger partial charge in [-0.15, -0.1) is 0 Å². The fourth-order valence-electron chi connectivity index (χ4n) is 2.06. The Morgan fingerprint density at radius 2 is 2.22 bits per heavy atom. The summed E-state index contributed by atoms with van der Waals surface area (Å²) in [5.74, 6) is 0. The van der Waals surface area contributed by atoms with Gasteiger partial charge in [-0.25, -0.2) is 4.42 Å². The average molecular weight is 296 g/mol. The van der Waals surface area contributed by atoms with Crippen molar-refractivity contribution in [2.75, 3.05) is 20.1 Å². The lowest BCUT2D eigenvalue weighted by atomic mass is 9.98. The average Bonchev–Trinajstić information content (AvgIpc) is 2.78. The molecule has 0 aliphatic carbocycles. The van der Waals surface area contributed by atoms with Gasteiger partial charge in [0.1, 0.15) is 23.7 Å². The zero-order chi connectivity index (χ0) is 13.3. The normalized spacial score (nSPS) is 42.1. The number of hydrogen-bond acceptors (Lipinski definition) is 6. The summed E-state index contributed by atoms with van der Waals surface area (Å²) in [7, 11) is 1.67. The number of fused-ring (bicyclic) bond motifs is 1. The molecular formula is C10H18ClN3O3S. The van der Waals surface area contributed by atoms with Crippen LogP contribution in [0, 0.1) is 0 Å². The van der Waals surface area contributed by atoms with Crippen LogP contribution in [0.25, 0.3) is 0 Å². The molecule has 0 aromatic rings. The van der Waals surface area contributed by atoms with Crippen LogP contribution in [0.5, 0.6) is 0 Å². The molecule has 2 heterocycles. The van der Waals surface area contributed by atoms with Crippen molar-refractivity contribution >= 4 is 28.7 Å². The van der Waals surface area contributed by atoms with E-state index in [-0.39, 0.29) is 11.5 Å². The Morgan fingerprint density at radius 1 is 1.50 bits per heavy atom. The minimum Gasteiger partial charge on any atom is -0.388 e.